The Balaban J connectivity index is 1.46. The van der Waals surface area contributed by atoms with E-state index in [9.17, 15) is 23.6 Å². The summed E-state index contributed by atoms with van der Waals surface area (Å²) in [6.07, 6.45) is 4.51. The third kappa shape index (κ3) is 7.16. The predicted octanol–water partition coefficient (Wildman–Crippen LogP) is 1.97. The Bertz CT molecular complexity index is 871. The second-order valence-corrected chi connectivity index (χ2v) is 8.71. The average molecular weight is 477 g/mol. The largest absolute Gasteiger partial charge is 0.465 e. The maximum atomic E-state index is 13.1. The van der Waals surface area contributed by atoms with Crippen molar-refractivity contribution >= 4 is 23.8 Å². The molecule has 1 aromatic carbocycles. The van der Waals surface area contributed by atoms with Crippen LogP contribution >= 0.6 is 0 Å². The number of esters is 1. The summed E-state index contributed by atoms with van der Waals surface area (Å²) in [6.45, 7) is 2.61. The first-order chi connectivity index (χ1) is 16.4. The van der Waals surface area contributed by atoms with E-state index in [1.54, 1.807) is 11.8 Å². The van der Waals surface area contributed by atoms with Gasteiger partial charge in [0.1, 0.15) is 12.4 Å². The lowest BCUT2D eigenvalue weighted by Crippen LogP contribution is -2.55. The number of urea groups is 1. The van der Waals surface area contributed by atoms with Crippen molar-refractivity contribution in [1.82, 2.24) is 20.9 Å². The molecular weight excluding hydrogens is 443 g/mol. The summed E-state index contributed by atoms with van der Waals surface area (Å²) < 4.78 is 17.9. The van der Waals surface area contributed by atoms with Crippen molar-refractivity contribution in [2.75, 3.05) is 26.2 Å². The van der Waals surface area contributed by atoms with E-state index >= 15 is 0 Å². The predicted molar refractivity (Wildman–Crippen MR) is 122 cm³/mol. The molecule has 0 unspecified atom stereocenters. The molecule has 0 bridgehead atoms. The highest BCUT2D eigenvalue weighted by molar-refractivity contribution is 5.94. The van der Waals surface area contributed by atoms with E-state index in [4.69, 9.17) is 4.74 Å². The quantitative estimate of drug-likeness (QED) is 0.520. The number of benzene rings is 1. The normalized spacial score (nSPS) is 20.8. The molecule has 1 aromatic rings. The van der Waals surface area contributed by atoms with E-state index < -0.39 is 11.8 Å². The van der Waals surface area contributed by atoms with E-state index in [-0.39, 0.29) is 49.0 Å². The molecular formula is C24H33FN4O5. The van der Waals surface area contributed by atoms with Gasteiger partial charge in [-0.05, 0) is 56.9 Å². The van der Waals surface area contributed by atoms with Gasteiger partial charge in [0.05, 0.1) is 6.61 Å². The van der Waals surface area contributed by atoms with Crippen molar-refractivity contribution < 1.29 is 28.3 Å². The van der Waals surface area contributed by atoms with Crippen LogP contribution < -0.4 is 16.0 Å². The maximum absolute atomic E-state index is 13.1. The van der Waals surface area contributed by atoms with Crippen molar-refractivity contribution in [2.24, 2.45) is 5.92 Å². The Labute approximate surface area is 198 Å². The fourth-order valence-electron chi connectivity index (χ4n) is 4.45. The number of nitrogens with zero attached hydrogens (tertiary/aromatic N) is 1. The molecule has 4 amide bonds. The number of amides is 4. The van der Waals surface area contributed by atoms with Crippen molar-refractivity contribution in [3.63, 3.8) is 0 Å². The van der Waals surface area contributed by atoms with Gasteiger partial charge in [0.15, 0.2) is 0 Å². The molecule has 0 aromatic heterocycles. The topological polar surface area (TPSA) is 117 Å². The SMILES string of the molecule is CCOC(=O)CNC(=O)N1CCC(C(=O)N[C@@H]2CCCC[C@H]2NC(=O)c2ccc(F)cc2)CC1. The molecule has 2 aliphatic rings. The van der Waals surface area contributed by atoms with Crippen molar-refractivity contribution in [3.8, 4) is 0 Å². The summed E-state index contributed by atoms with van der Waals surface area (Å²) in [6, 6.07) is 4.68. The van der Waals surface area contributed by atoms with Crippen LogP contribution in [0.1, 0.15) is 55.8 Å². The highest BCUT2D eigenvalue weighted by atomic mass is 19.1. The zero-order valence-electron chi connectivity index (χ0n) is 19.5. The Hall–Kier alpha value is -3.17. The summed E-state index contributed by atoms with van der Waals surface area (Å²) >= 11 is 0. The van der Waals surface area contributed by atoms with Crippen LogP contribution in [0.5, 0.6) is 0 Å². The first-order valence-electron chi connectivity index (χ1n) is 11.9. The second-order valence-electron chi connectivity index (χ2n) is 8.71. The van der Waals surface area contributed by atoms with Crippen molar-refractivity contribution in [3.05, 3.63) is 35.6 Å². The molecule has 0 radical (unpaired) electrons. The Morgan fingerprint density at radius 1 is 0.971 bits per heavy atom. The lowest BCUT2D eigenvalue weighted by molar-refractivity contribution is -0.141. The van der Waals surface area contributed by atoms with Crippen LogP contribution in [0, 0.1) is 11.7 Å². The van der Waals surface area contributed by atoms with Gasteiger partial charge >= 0.3 is 12.0 Å². The molecule has 2 fully saturated rings. The van der Waals surface area contributed by atoms with Crippen LogP contribution in [0.2, 0.25) is 0 Å². The number of piperidine rings is 1. The van der Waals surface area contributed by atoms with Crippen LogP contribution in [-0.4, -0.2) is 67.0 Å². The number of ether oxygens (including phenoxy) is 1. The number of likely N-dealkylation sites (tertiary alicyclic amines) is 1. The fourth-order valence-corrected chi connectivity index (χ4v) is 4.45. The minimum Gasteiger partial charge on any atom is -0.465 e. The summed E-state index contributed by atoms with van der Waals surface area (Å²) in [4.78, 5) is 50.7. The molecule has 1 heterocycles. The molecule has 2 atom stereocenters. The Kier molecular flexibility index (Phi) is 9.24. The standard InChI is InChI=1S/C24H33FN4O5/c1-2-34-21(30)15-26-24(33)29-13-11-17(12-14-29)23(32)28-20-6-4-3-5-19(20)27-22(31)16-7-9-18(25)10-8-16/h7-10,17,19-20H,2-6,11-15H2,1H3,(H,26,33)(H,27,31)(H,28,32)/t19-,20-/m1/s1. The van der Waals surface area contributed by atoms with Crippen LogP contribution in [0.4, 0.5) is 9.18 Å². The first-order valence-corrected chi connectivity index (χ1v) is 11.9. The number of halogens is 1. The highest BCUT2D eigenvalue weighted by Crippen LogP contribution is 2.22. The van der Waals surface area contributed by atoms with Gasteiger partial charge in [0.25, 0.3) is 5.91 Å². The van der Waals surface area contributed by atoms with Crippen LogP contribution in [0.25, 0.3) is 0 Å². The maximum Gasteiger partial charge on any atom is 0.325 e. The summed E-state index contributed by atoms with van der Waals surface area (Å²) in [5.41, 5.74) is 0.380. The van der Waals surface area contributed by atoms with Gasteiger partial charge in [-0.15, -0.1) is 0 Å². The number of carbonyl (C=O) groups is 4. The molecule has 186 valence electrons. The number of carbonyl (C=O) groups excluding carboxylic acids is 4. The zero-order chi connectivity index (χ0) is 24.5. The minimum atomic E-state index is -0.487. The van der Waals surface area contributed by atoms with E-state index in [2.05, 4.69) is 16.0 Å². The second kappa shape index (κ2) is 12.3. The molecule has 10 heteroatoms. The molecule has 1 aliphatic heterocycles. The van der Waals surface area contributed by atoms with Gasteiger partial charge in [0, 0.05) is 36.7 Å². The third-order valence-electron chi connectivity index (χ3n) is 6.36. The molecule has 3 rings (SSSR count). The number of nitrogens with one attached hydrogen (secondary N) is 3. The Morgan fingerprint density at radius 3 is 2.21 bits per heavy atom. The van der Waals surface area contributed by atoms with Gasteiger partial charge in [-0.3, -0.25) is 14.4 Å². The molecule has 1 saturated carbocycles. The van der Waals surface area contributed by atoms with Gasteiger partial charge in [0.2, 0.25) is 5.91 Å². The van der Waals surface area contributed by atoms with E-state index in [0.29, 0.717) is 31.5 Å². The molecule has 0 spiro atoms. The molecule has 3 N–H and O–H groups in total. The molecule has 34 heavy (non-hydrogen) atoms. The zero-order valence-corrected chi connectivity index (χ0v) is 19.5. The molecule has 9 nitrogen and oxygen atoms in total. The average Bonchev–Trinajstić information content (AvgIpc) is 2.84. The third-order valence-corrected chi connectivity index (χ3v) is 6.36. The highest BCUT2D eigenvalue weighted by Gasteiger charge is 2.32. The lowest BCUT2D eigenvalue weighted by atomic mass is 9.88. The summed E-state index contributed by atoms with van der Waals surface area (Å²) in [5.74, 6) is -1.46. The smallest absolute Gasteiger partial charge is 0.325 e. The summed E-state index contributed by atoms with van der Waals surface area (Å²) in [7, 11) is 0. The number of hydrogen-bond donors (Lipinski definition) is 3. The van der Waals surface area contributed by atoms with Crippen molar-refractivity contribution in [2.45, 2.75) is 57.5 Å². The van der Waals surface area contributed by atoms with E-state index in [1.165, 1.54) is 24.3 Å². The van der Waals surface area contributed by atoms with E-state index in [1.807, 2.05) is 0 Å². The van der Waals surface area contributed by atoms with Gasteiger partial charge in [-0.2, -0.15) is 0 Å². The number of rotatable bonds is 7. The van der Waals surface area contributed by atoms with Crippen LogP contribution in [-0.2, 0) is 14.3 Å². The van der Waals surface area contributed by atoms with Crippen LogP contribution in [0.15, 0.2) is 24.3 Å². The van der Waals surface area contributed by atoms with Gasteiger partial charge < -0.3 is 25.6 Å². The van der Waals surface area contributed by atoms with Crippen molar-refractivity contribution in [1.29, 1.82) is 0 Å². The Morgan fingerprint density at radius 2 is 1.59 bits per heavy atom. The van der Waals surface area contributed by atoms with Crippen LogP contribution in [0.3, 0.4) is 0 Å². The lowest BCUT2D eigenvalue weighted by Gasteiger charge is -2.35. The monoisotopic (exact) mass is 476 g/mol. The molecule has 1 saturated heterocycles. The summed E-state index contributed by atoms with van der Waals surface area (Å²) in [5, 5.41) is 8.64. The van der Waals surface area contributed by atoms with Gasteiger partial charge in [-0.1, -0.05) is 12.8 Å². The van der Waals surface area contributed by atoms with Gasteiger partial charge in [-0.25, -0.2) is 9.18 Å². The fraction of sp³-hybridized carbons (Fsp3) is 0.583. The van der Waals surface area contributed by atoms with E-state index in [0.717, 1.165) is 25.7 Å². The minimum absolute atomic E-state index is 0.0699. The number of hydrogen-bond acceptors (Lipinski definition) is 5. The first kappa shape index (κ1) is 25.5. The molecule has 1 aliphatic carbocycles.